The first-order valence-corrected chi connectivity index (χ1v) is 19.3. The summed E-state index contributed by atoms with van der Waals surface area (Å²) >= 11 is 3.20. The number of hydrogen-bond acceptors (Lipinski definition) is 6. The van der Waals surface area contributed by atoms with Crippen molar-refractivity contribution in [2.75, 3.05) is 0 Å². The summed E-state index contributed by atoms with van der Waals surface area (Å²) in [4.78, 5) is 56.1. The number of fused-ring (bicyclic) bond motifs is 10. The van der Waals surface area contributed by atoms with E-state index >= 15 is 0 Å². The molecule has 0 bridgehead atoms. The Morgan fingerprint density at radius 2 is 1.10 bits per heavy atom. The maximum Gasteiger partial charge on any atom is 0.237 e. The molecule has 0 radical (unpaired) electrons. The Balaban J connectivity index is 1.14. The number of carbonyl (C=O) groups is 4. The van der Waals surface area contributed by atoms with Gasteiger partial charge in [0, 0.05) is 64.7 Å². The standard InChI is InChI=1S/C42H28F4O4S2/c43-20-13-23-25(35(47)37(49)31(23)28(45)15-20)11-19-12-30-33(41(19)7-3-1-4-8-41)34-40(52-30)39-27(42(34)9-5-2-6-10-42)18-22(51-39)17-26-24-14-21(44)16-29(46)32(24)38(50)36(26)48/h11-18H,1-10H2/b25-11-,26-17-. The Morgan fingerprint density at radius 1 is 0.558 bits per heavy atom. The highest BCUT2D eigenvalue weighted by atomic mass is 32.1. The second-order valence-corrected chi connectivity index (χ2v) is 17.0. The maximum absolute atomic E-state index is 14.8. The van der Waals surface area contributed by atoms with Gasteiger partial charge in [-0.3, -0.25) is 19.2 Å². The average Bonchev–Trinajstić information content (AvgIpc) is 3.91. The Morgan fingerprint density at radius 3 is 1.67 bits per heavy atom. The van der Waals surface area contributed by atoms with E-state index < -0.39 is 51.8 Å². The van der Waals surface area contributed by atoms with Gasteiger partial charge in [0.25, 0.3) is 0 Å². The SMILES string of the molecule is O=C1C(=O)c2c(F)cc(F)cc2/C1=C/C1=Cc2sc3c(c2C12CCCCC2)C1(CCCCC1)c1cc(/C=C2\C(=O)C(=O)c4c(F)cc(F)cc42)sc1-3. The van der Waals surface area contributed by atoms with Gasteiger partial charge in [0.2, 0.25) is 23.1 Å². The number of halogens is 4. The van der Waals surface area contributed by atoms with Gasteiger partial charge in [-0.15, -0.1) is 22.7 Å². The predicted molar refractivity (Wildman–Crippen MR) is 191 cm³/mol. The quantitative estimate of drug-likeness (QED) is 0.117. The molecule has 4 nitrogen and oxygen atoms in total. The van der Waals surface area contributed by atoms with Crippen molar-refractivity contribution in [1.29, 1.82) is 0 Å². The first kappa shape index (κ1) is 32.1. The van der Waals surface area contributed by atoms with Crippen LogP contribution in [0.1, 0.15) is 122 Å². The highest BCUT2D eigenvalue weighted by Crippen LogP contribution is 2.67. The zero-order chi connectivity index (χ0) is 35.8. The molecule has 2 spiro atoms. The molecule has 2 aromatic carbocycles. The zero-order valence-electron chi connectivity index (χ0n) is 27.7. The van der Waals surface area contributed by atoms with Crippen LogP contribution in [-0.4, -0.2) is 23.1 Å². The van der Waals surface area contributed by atoms with Gasteiger partial charge < -0.3 is 0 Å². The fraction of sp³-hybridized carbons (Fsp3) is 0.286. The van der Waals surface area contributed by atoms with E-state index in [4.69, 9.17) is 0 Å². The molecule has 52 heavy (non-hydrogen) atoms. The molecule has 4 aromatic rings. The number of carbonyl (C=O) groups excluding carboxylic acids is 4. The summed E-state index contributed by atoms with van der Waals surface area (Å²) in [5, 5.41) is 0. The molecule has 10 heteroatoms. The van der Waals surface area contributed by atoms with Crippen LogP contribution in [0.25, 0.3) is 33.1 Å². The van der Waals surface area contributed by atoms with Gasteiger partial charge in [-0.25, -0.2) is 17.6 Å². The van der Waals surface area contributed by atoms with Crippen molar-refractivity contribution >= 4 is 69.1 Å². The van der Waals surface area contributed by atoms with Crippen molar-refractivity contribution in [3.8, 4) is 9.75 Å². The van der Waals surface area contributed by atoms with Gasteiger partial charge in [0.1, 0.15) is 23.3 Å². The predicted octanol–water partition coefficient (Wildman–Crippen LogP) is 10.4. The Bertz CT molecular complexity index is 2500. The molecule has 260 valence electrons. The number of allylic oxidation sites excluding steroid dienone is 4. The third kappa shape index (κ3) is 4.13. The summed E-state index contributed by atoms with van der Waals surface area (Å²) in [7, 11) is 0. The van der Waals surface area contributed by atoms with E-state index in [1.165, 1.54) is 28.0 Å². The number of hydrogen-bond donors (Lipinski definition) is 0. The van der Waals surface area contributed by atoms with Crippen molar-refractivity contribution in [2.24, 2.45) is 0 Å². The van der Waals surface area contributed by atoms with Crippen molar-refractivity contribution in [3.63, 3.8) is 0 Å². The van der Waals surface area contributed by atoms with Gasteiger partial charge in [-0.2, -0.15) is 0 Å². The summed E-state index contributed by atoms with van der Waals surface area (Å²) in [5.74, 6) is -7.38. The molecule has 0 saturated heterocycles. The first-order chi connectivity index (χ1) is 25.0. The van der Waals surface area contributed by atoms with Gasteiger partial charge in [-0.1, -0.05) is 38.5 Å². The van der Waals surface area contributed by atoms with E-state index in [0.29, 0.717) is 12.1 Å². The molecule has 2 saturated carbocycles. The first-order valence-electron chi connectivity index (χ1n) is 17.7. The minimum atomic E-state index is -1.04. The summed E-state index contributed by atoms with van der Waals surface area (Å²) < 4.78 is 58.1. The van der Waals surface area contributed by atoms with Gasteiger partial charge in [0.05, 0.1) is 11.1 Å². The minimum Gasteiger partial charge on any atom is -0.285 e. The van der Waals surface area contributed by atoms with Crippen LogP contribution >= 0.6 is 22.7 Å². The van der Waals surface area contributed by atoms with Crippen LogP contribution in [0.4, 0.5) is 17.6 Å². The third-order valence-corrected chi connectivity index (χ3v) is 14.6. The third-order valence-electron chi connectivity index (χ3n) is 12.3. The number of benzene rings is 2. The summed E-state index contributed by atoms with van der Waals surface area (Å²) in [6.07, 6.45) is 15.1. The minimum absolute atomic E-state index is 0.00275. The van der Waals surface area contributed by atoms with Gasteiger partial charge >= 0.3 is 0 Å². The molecule has 2 heterocycles. The largest absolute Gasteiger partial charge is 0.285 e. The Hall–Kier alpha value is -4.54. The number of Topliss-reactive ketones (excluding diaryl/α,β-unsaturated/α-hetero) is 4. The summed E-state index contributed by atoms with van der Waals surface area (Å²) in [6, 6.07) is 5.47. The number of rotatable bonds is 2. The molecular formula is C42H28F4O4S2. The molecule has 2 fully saturated rings. The molecular weight excluding hydrogens is 709 g/mol. The normalized spacial score (nSPS) is 22.1. The highest BCUT2D eigenvalue weighted by Gasteiger charge is 2.55. The lowest BCUT2D eigenvalue weighted by atomic mass is 9.61. The Labute approximate surface area is 303 Å². The number of ketones is 4. The van der Waals surface area contributed by atoms with Gasteiger partial charge in [-0.05, 0) is 84.4 Å². The van der Waals surface area contributed by atoms with E-state index in [1.54, 1.807) is 23.5 Å². The zero-order valence-corrected chi connectivity index (χ0v) is 29.3. The fourth-order valence-corrected chi connectivity index (χ4v) is 12.9. The lowest BCUT2D eigenvalue weighted by molar-refractivity contribution is -0.110. The lowest BCUT2D eigenvalue weighted by Crippen LogP contribution is -2.35. The molecule has 0 N–H and O–H groups in total. The molecule has 6 aliphatic rings. The molecule has 0 aliphatic heterocycles. The average molecular weight is 737 g/mol. The van der Waals surface area contributed by atoms with E-state index in [0.717, 1.165) is 101 Å². The van der Waals surface area contributed by atoms with E-state index in [1.807, 2.05) is 0 Å². The highest BCUT2D eigenvalue weighted by molar-refractivity contribution is 7.23. The number of thiophene rings is 2. The smallest absolute Gasteiger partial charge is 0.237 e. The van der Waals surface area contributed by atoms with Crippen molar-refractivity contribution in [1.82, 2.24) is 0 Å². The molecule has 0 atom stereocenters. The van der Waals surface area contributed by atoms with E-state index in [9.17, 15) is 36.7 Å². The van der Waals surface area contributed by atoms with Crippen LogP contribution < -0.4 is 0 Å². The summed E-state index contributed by atoms with van der Waals surface area (Å²) in [6.45, 7) is 0. The van der Waals surface area contributed by atoms with Crippen molar-refractivity contribution in [2.45, 2.75) is 75.0 Å². The van der Waals surface area contributed by atoms with Crippen LogP contribution in [0.5, 0.6) is 0 Å². The van der Waals surface area contributed by atoms with E-state index in [2.05, 4.69) is 12.1 Å². The van der Waals surface area contributed by atoms with E-state index in [-0.39, 0.29) is 38.8 Å². The second kappa shape index (κ2) is 11.0. The van der Waals surface area contributed by atoms with Gasteiger partial charge in [0.15, 0.2) is 0 Å². The summed E-state index contributed by atoms with van der Waals surface area (Å²) in [5.41, 5.74) is 3.17. The van der Waals surface area contributed by atoms with Crippen LogP contribution in [0.2, 0.25) is 0 Å². The maximum atomic E-state index is 14.8. The Kier molecular flexibility index (Phi) is 6.79. The second-order valence-electron chi connectivity index (χ2n) is 14.9. The fourth-order valence-electron chi connectivity index (χ4n) is 10.1. The molecule has 2 aromatic heterocycles. The lowest BCUT2D eigenvalue weighted by Gasteiger charge is -2.42. The monoisotopic (exact) mass is 736 g/mol. The molecule has 10 rings (SSSR count). The van der Waals surface area contributed by atoms with Crippen LogP contribution in [-0.2, 0) is 20.4 Å². The van der Waals surface area contributed by atoms with Crippen LogP contribution in [0.3, 0.4) is 0 Å². The molecule has 0 unspecified atom stereocenters. The molecule has 6 aliphatic carbocycles. The van der Waals surface area contributed by atoms with Crippen LogP contribution in [0.15, 0.2) is 42.0 Å². The molecule has 0 amide bonds. The topological polar surface area (TPSA) is 68.3 Å². The van der Waals surface area contributed by atoms with Crippen molar-refractivity contribution in [3.05, 3.63) is 114 Å². The van der Waals surface area contributed by atoms with Crippen LogP contribution in [0, 0.1) is 23.3 Å². The van der Waals surface area contributed by atoms with Crippen molar-refractivity contribution < 1.29 is 36.7 Å².